The van der Waals surface area contributed by atoms with Crippen LogP contribution in [0.2, 0.25) is 0 Å². The topological polar surface area (TPSA) is 417 Å². The van der Waals surface area contributed by atoms with E-state index < -0.39 is 111 Å². The number of aromatic nitrogens is 6. The van der Waals surface area contributed by atoms with E-state index in [1.165, 1.54) is 41.8 Å². The van der Waals surface area contributed by atoms with Crippen molar-refractivity contribution < 1.29 is 79.3 Å². The molecule has 3 saturated heterocycles. The Balaban J connectivity index is 0.000000338. The molecule has 3 aromatic rings. The molecule has 3 aliphatic heterocycles. The van der Waals surface area contributed by atoms with E-state index in [9.17, 15) is 43.0 Å². The highest BCUT2D eigenvalue weighted by Crippen LogP contribution is 2.63. The van der Waals surface area contributed by atoms with E-state index in [2.05, 4.69) is 46.8 Å². The predicted octanol–water partition coefficient (Wildman–Crippen LogP) is 4.18. The van der Waals surface area contributed by atoms with Gasteiger partial charge in [-0.2, -0.15) is 12.6 Å². The van der Waals surface area contributed by atoms with Crippen LogP contribution < -0.4 is 45.2 Å². The molecule has 3 aliphatic rings. The van der Waals surface area contributed by atoms with Gasteiger partial charge in [0.15, 0.2) is 18.7 Å². The molecule has 0 aliphatic carbocycles. The number of ether oxygens (including phenoxy) is 8. The van der Waals surface area contributed by atoms with E-state index in [4.69, 9.17) is 96.2 Å². The third kappa shape index (κ3) is 26.4. The molecule has 41 heteroatoms. The maximum atomic E-state index is 13.6. The largest absolute Gasteiger partial charge is 0.389 e. The van der Waals surface area contributed by atoms with Crippen molar-refractivity contribution in [3.63, 3.8) is 0 Å². The first-order valence-electron chi connectivity index (χ1n) is 32.1. The third-order valence-corrected chi connectivity index (χ3v) is 24.9. The minimum absolute atomic E-state index is 0.00183. The van der Waals surface area contributed by atoms with Crippen LogP contribution in [-0.4, -0.2) is 230 Å². The smallest absolute Gasteiger partial charge is 0.387 e. The lowest BCUT2D eigenvalue weighted by Crippen LogP contribution is -2.42. The van der Waals surface area contributed by atoms with Gasteiger partial charge in [0.2, 0.25) is 19.6 Å². The summed E-state index contributed by atoms with van der Waals surface area (Å²) in [6, 6.07) is 0.0189. The van der Waals surface area contributed by atoms with Crippen molar-refractivity contribution >= 4 is 57.5 Å². The molecule has 3 fully saturated rings. The summed E-state index contributed by atoms with van der Waals surface area (Å²) in [6.45, 7) is 32.1. The predicted molar refractivity (Wildman–Crippen MR) is 379 cm³/mol. The van der Waals surface area contributed by atoms with E-state index in [1.54, 1.807) is 21.0 Å². The molecule has 0 aromatic carbocycles. The molecule has 35 nitrogen and oxygen atoms in total. The van der Waals surface area contributed by atoms with E-state index >= 15 is 0 Å². The number of nitrogens with one attached hydrogen (secondary N) is 3. The van der Waals surface area contributed by atoms with Gasteiger partial charge in [-0.25, -0.2) is 47.9 Å². The molecule has 6 rings (SSSR count). The number of thiol groups is 1. The molecule has 0 saturated carbocycles. The van der Waals surface area contributed by atoms with Gasteiger partial charge in [-0.3, -0.25) is 61.1 Å². The fourth-order valence-electron chi connectivity index (χ4n) is 9.94. The van der Waals surface area contributed by atoms with Crippen LogP contribution in [0.1, 0.15) is 83.3 Å². The van der Waals surface area contributed by atoms with Crippen molar-refractivity contribution in [1.29, 1.82) is 0 Å². The first-order chi connectivity index (χ1) is 47.7. The summed E-state index contributed by atoms with van der Waals surface area (Å²) in [4.78, 5) is 89.5. The van der Waals surface area contributed by atoms with Crippen molar-refractivity contribution in [2.24, 2.45) is 17.4 Å². The lowest BCUT2D eigenvalue weighted by molar-refractivity contribution is -0.0789. The van der Waals surface area contributed by atoms with Crippen molar-refractivity contribution in [3.8, 4) is 0 Å². The normalized spacial score (nSPS) is 24.2. The maximum absolute atomic E-state index is 13.6. The summed E-state index contributed by atoms with van der Waals surface area (Å²) in [5.74, 6) is 0.592. The second-order valence-electron chi connectivity index (χ2n) is 22.9. The zero-order chi connectivity index (χ0) is 74.3. The van der Waals surface area contributed by atoms with E-state index in [0.717, 1.165) is 27.3 Å². The van der Waals surface area contributed by atoms with Crippen molar-refractivity contribution in [2.45, 2.75) is 148 Å². The highest BCUT2D eigenvalue weighted by atomic mass is 32.7. The fraction of sp³-hybridized carbons (Fsp3) is 0.746. The molecule has 0 spiro atoms. The summed E-state index contributed by atoms with van der Waals surface area (Å²) >= 11 is 5.96. The Morgan fingerprint density at radius 1 is 0.600 bits per heavy atom. The molecule has 3 unspecified atom stereocenters. The summed E-state index contributed by atoms with van der Waals surface area (Å²) in [5, 5.41) is 10.9. The molecule has 0 bridgehead atoms. The van der Waals surface area contributed by atoms with Crippen molar-refractivity contribution in [3.05, 3.63) is 132 Å². The second-order valence-corrected chi connectivity index (χ2v) is 32.9. The minimum Gasteiger partial charge on any atom is -0.387 e. The Kier molecular flexibility index (Phi) is 39.8. The van der Waals surface area contributed by atoms with Gasteiger partial charge in [0.25, 0.3) is 25.2 Å². The summed E-state index contributed by atoms with van der Waals surface area (Å²) in [5.41, 5.74) is 8.65. The standard InChI is InChI=1S/C27H46N6O9P2S.C18H29N4O9PS.C14H22N2O5S/c1-9-13-37-24-23(42-43(38-15-11-29-7)33(19(2)3)20(4)5)22(18-45-44(36,39-14-10-28)40-16-12-30-8)41-26(24)32-17-21(6)25(34)31-27(32)35;1-12-10-22(18(25)21-16(12)24)17-15(28-9-8-27-3)14(23)13(31-17)11-33-32(26,29-6-4-19)30-7-5-20-2;1-8-6-16(14(18)15-12(8)17)13-11(20-5-4-19-3)9(2)10(7-22)21-13/h17,19-20,22-24,26H,9-16,18,28H2,1-6H3,(H,31,34,35);10,13-15,17,23H,4-9,11,19H2,1,3H3,(H,21,24,25);6,9-11,13,22H,4-5,7H2,1-3H3,(H,15,17,18)/t22-,23-,24-,26-,43?,44?;13-,14-,15-,17-,32?;9-,10-,11-,13-/m111/s1. The SMILES string of the molecule is COCCO[C@@H]1[C@H](C)[C@@H](CS)O[C@H]1n1cc(C)c(=O)[nH]c1=O.[C-]#[N+]CCOP(=O)(OCCN)SC[C@H]1O[C@@H](n2cc(C)c(=O)[nH]c2=O)[C@H](OCCOC)[C@@H]1O.[C-]#[N+]CCOP(O[C@H]1[C@@H](OCCC)[C@H](n2cc(C)c(=O)[nH]c2=O)O[C@@H]1CSP(=O)(OCCN)OCC[N+]#[C-])N(C(C)C)C(C)C. The molecule has 0 amide bonds. The monoisotopic (exact) mass is 1530 g/mol. The van der Waals surface area contributed by atoms with Crippen LogP contribution in [-0.2, 0) is 74.2 Å². The number of H-pyrrole nitrogens is 3. The van der Waals surface area contributed by atoms with Crippen LogP contribution in [0.3, 0.4) is 0 Å². The van der Waals surface area contributed by atoms with Crippen LogP contribution >= 0.6 is 57.5 Å². The molecule has 564 valence electrons. The Morgan fingerprint density at radius 3 is 1.41 bits per heavy atom. The van der Waals surface area contributed by atoms with Gasteiger partial charge in [-0.1, -0.05) is 13.8 Å². The number of rotatable bonds is 41. The van der Waals surface area contributed by atoms with E-state index in [0.29, 0.717) is 43.1 Å². The second kappa shape index (κ2) is 45.2. The van der Waals surface area contributed by atoms with E-state index in [-0.39, 0.29) is 126 Å². The van der Waals surface area contributed by atoms with Gasteiger partial charge in [-0.05, 0) is 77.7 Å². The number of aromatic amines is 3. The third-order valence-electron chi connectivity index (χ3n) is 14.7. The first-order valence-corrected chi connectivity index (χ1v) is 40.1. The zero-order valence-electron chi connectivity index (χ0n) is 58.1. The number of hydrogen-bond acceptors (Lipinski definition) is 29. The number of aliphatic hydroxyl groups is 1. The summed E-state index contributed by atoms with van der Waals surface area (Å²) in [7, 11) is 1.32. The average molecular weight is 1530 g/mol. The molecule has 100 heavy (non-hydrogen) atoms. The van der Waals surface area contributed by atoms with Crippen LogP contribution in [0.5, 0.6) is 0 Å². The molecule has 0 radical (unpaired) electrons. The molecule has 15 atom stereocenters. The highest BCUT2D eigenvalue weighted by molar-refractivity contribution is 8.55. The Bertz CT molecular complexity index is 3580. The Morgan fingerprint density at radius 2 is 0.990 bits per heavy atom. The first kappa shape index (κ1) is 88.1. The van der Waals surface area contributed by atoms with Crippen molar-refractivity contribution in [2.75, 3.05) is 130 Å². The number of aryl methyl sites for hydroxylation is 3. The molecule has 3 aromatic heterocycles. The minimum atomic E-state index is -3.78. The fourth-order valence-corrected chi connectivity index (χ4v) is 18.8. The summed E-state index contributed by atoms with van der Waals surface area (Å²) in [6.07, 6.45) is -3.81. The van der Waals surface area contributed by atoms with Gasteiger partial charge in [0.05, 0.1) is 58.0 Å². The van der Waals surface area contributed by atoms with Gasteiger partial charge in [-0.15, -0.1) is 0 Å². The Hall–Kier alpha value is -4.27. The van der Waals surface area contributed by atoms with Crippen LogP contribution in [0.25, 0.3) is 14.5 Å². The molecular weight excluding hydrogens is 1430 g/mol. The number of aliphatic hydroxyl groups excluding tert-OH is 1. The number of nitrogens with zero attached hydrogens (tertiary/aromatic N) is 7. The molecule has 6 heterocycles. The average Bonchev–Trinajstić information content (AvgIpc) is 1.63. The van der Waals surface area contributed by atoms with E-state index in [1.807, 2.05) is 41.5 Å². The molecular formula is C59H97N12O23P3S3. The number of methoxy groups -OCH3 is 2. The van der Waals surface area contributed by atoms with Gasteiger partial charge >= 0.3 is 30.7 Å². The van der Waals surface area contributed by atoms with Gasteiger partial charge in [0, 0.05) is 104 Å². The van der Waals surface area contributed by atoms with Crippen LogP contribution in [0.15, 0.2) is 47.4 Å². The quantitative estimate of drug-likeness (QED) is 0.0181. The number of nitrogens with two attached hydrogens (primary N) is 2. The zero-order valence-corrected chi connectivity index (χ0v) is 63.3. The van der Waals surface area contributed by atoms with Gasteiger partial charge < -0.3 is 78.1 Å². The summed E-state index contributed by atoms with van der Waals surface area (Å²) < 4.78 is 113. The lowest BCUT2D eigenvalue weighted by Gasteiger charge is -2.38. The Labute approximate surface area is 595 Å². The van der Waals surface area contributed by atoms with Crippen LogP contribution in [0, 0.1) is 46.4 Å². The molecule has 8 N–H and O–H groups in total. The van der Waals surface area contributed by atoms with Gasteiger partial charge in [0.1, 0.15) is 50.3 Å². The van der Waals surface area contributed by atoms with Crippen LogP contribution in [0.4, 0.5) is 0 Å². The number of hydrogen-bond donors (Lipinski definition) is 7. The highest BCUT2D eigenvalue weighted by Gasteiger charge is 2.52. The maximum Gasteiger partial charge on any atom is 0.389 e. The lowest BCUT2D eigenvalue weighted by atomic mass is 10.0. The van der Waals surface area contributed by atoms with Crippen molar-refractivity contribution in [1.82, 2.24) is 33.3 Å².